The van der Waals surface area contributed by atoms with Gasteiger partial charge in [0.25, 0.3) is 0 Å². The van der Waals surface area contributed by atoms with E-state index in [1.807, 2.05) is 0 Å². The minimum absolute atomic E-state index is 0.152. The van der Waals surface area contributed by atoms with Gasteiger partial charge in [-0.25, -0.2) is 13.2 Å². The van der Waals surface area contributed by atoms with Crippen LogP contribution in [0.25, 0.3) is 0 Å². The van der Waals surface area contributed by atoms with Crippen LogP contribution in [0.2, 0.25) is 0 Å². The molecule has 0 fully saturated rings. The number of benzene rings is 1. The Hall–Kier alpha value is -2.58. The summed E-state index contributed by atoms with van der Waals surface area (Å²) in [6.07, 6.45) is 3.06. The summed E-state index contributed by atoms with van der Waals surface area (Å²) >= 11 is 0. The van der Waals surface area contributed by atoms with Crippen molar-refractivity contribution in [1.29, 1.82) is 0 Å². The second-order valence-electron chi connectivity index (χ2n) is 5.46. The van der Waals surface area contributed by atoms with Crippen molar-refractivity contribution in [3.05, 3.63) is 61.1 Å². The van der Waals surface area contributed by atoms with E-state index in [1.165, 1.54) is 34.5 Å². The highest BCUT2D eigenvalue weighted by atomic mass is 32.2. The molecule has 0 spiro atoms. The molecule has 25 heavy (non-hydrogen) atoms. The number of nitrogens with one attached hydrogen (secondary N) is 1. The maximum absolute atomic E-state index is 12.3. The first kappa shape index (κ1) is 18.8. The molecular formula is C17H21N3O4S. The monoisotopic (exact) mass is 363 g/mol. The lowest BCUT2D eigenvalue weighted by molar-refractivity contribution is 0.217. The molecule has 0 aliphatic carbocycles. The van der Waals surface area contributed by atoms with Crippen molar-refractivity contribution in [2.45, 2.75) is 11.4 Å². The van der Waals surface area contributed by atoms with Crippen molar-refractivity contribution in [2.75, 3.05) is 26.0 Å². The lowest BCUT2D eigenvalue weighted by Gasteiger charge is -2.17. The molecule has 134 valence electrons. The third-order valence-electron chi connectivity index (χ3n) is 3.52. The zero-order valence-electron chi connectivity index (χ0n) is 14.2. The predicted molar refractivity (Wildman–Crippen MR) is 95.6 cm³/mol. The van der Waals surface area contributed by atoms with Crippen LogP contribution in [0.4, 0.5) is 10.5 Å². The predicted octanol–water partition coefficient (Wildman–Crippen LogP) is 2.75. The van der Waals surface area contributed by atoms with E-state index in [9.17, 15) is 13.2 Å². The van der Waals surface area contributed by atoms with Gasteiger partial charge in [-0.15, -0.1) is 6.58 Å². The molecule has 1 N–H and O–H groups in total. The van der Waals surface area contributed by atoms with Crippen LogP contribution in [-0.2, 0) is 16.6 Å². The molecule has 1 aromatic heterocycles. The molecule has 0 aliphatic rings. The van der Waals surface area contributed by atoms with E-state index in [-0.39, 0.29) is 17.5 Å². The number of hydrogen-bond acceptors (Lipinski definition) is 4. The van der Waals surface area contributed by atoms with Crippen LogP contribution in [0.15, 0.2) is 64.6 Å². The number of carbonyl (C=O) groups is 1. The van der Waals surface area contributed by atoms with E-state index in [0.717, 1.165) is 0 Å². The number of hydrogen-bond donors (Lipinski definition) is 1. The lowest BCUT2D eigenvalue weighted by Crippen LogP contribution is -2.30. The van der Waals surface area contributed by atoms with Gasteiger partial charge >= 0.3 is 6.03 Å². The molecule has 1 aromatic carbocycles. The second-order valence-corrected chi connectivity index (χ2v) is 7.51. The van der Waals surface area contributed by atoms with Crippen molar-refractivity contribution < 1.29 is 17.6 Å². The summed E-state index contributed by atoms with van der Waals surface area (Å²) in [7, 11) is -0.448. The molecule has 0 atom stereocenters. The highest BCUT2D eigenvalue weighted by Gasteiger charge is 2.19. The maximum Gasteiger partial charge on any atom is 0.321 e. The summed E-state index contributed by atoms with van der Waals surface area (Å²) in [5.41, 5.74) is 0.501. The number of rotatable bonds is 7. The van der Waals surface area contributed by atoms with Crippen molar-refractivity contribution in [3.8, 4) is 0 Å². The van der Waals surface area contributed by atoms with Crippen molar-refractivity contribution in [3.63, 3.8) is 0 Å². The average molecular weight is 363 g/mol. The fraction of sp³-hybridized carbons (Fsp3) is 0.235. The molecule has 2 aromatic rings. The van der Waals surface area contributed by atoms with Crippen molar-refractivity contribution >= 4 is 21.7 Å². The van der Waals surface area contributed by atoms with Gasteiger partial charge in [0.2, 0.25) is 10.0 Å². The van der Waals surface area contributed by atoms with Crippen LogP contribution in [0.1, 0.15) is 5.76 Å². The van der Waals surface area contributed by atoms with Crippen LogP contribution in [-0.4, -0.2) is 44.3 Å². The number of nitrogens with zero attached hydrogens (tertiary/aromatic N) is 2. The molecule has 1 heterocycles. The topological polar surface area (TPSA) is 82.9 Å². The first-order valence-corrected chi connectivity index (χ1v) is 9.00. The molecular weight excluding hydrogens is 342 g/mol. The van der Waals surface area contributed by atoms with E-state index >= 15 is 0 Å². The van der Waals surface area contributed by atoms with E-state index in [0.29, 0.717) is 18.0 Å². The lowest BCUT2D eigenvalue weighted by atomic mass is 10.3. The van der Waals surface area contributed by atoms with Crippen LogP contribution in [0, 0.1) is 0 Å². The molecule has 0 bridgehead atoms. The summed E-state index contributed by atoms with van der Waals surface area (Å²) in [4.78, 5) is 13.8. The van der Waals surface area contributed by atoms with E-state index in [1.54, 1.807) is 37.6 Å². The zero-order chi connectivity index (χ0) is 18.4. The Labute approximate surface area is 147 Å². The number of sulfonamides is 1. The fourth-order valence-corrected chi connectivity index (χ4v) is 3.24. The van der Waals surface area contributed by atoms with Gasteiger partial charge in [-0.3, -0.25) is 0 Å². The van der Waals surface area contributed by atoms with Crippen LogP contribution < -0.4 is 5.32 Å². The molecule has 2 amide bonds. The summed E-state index contributed by atoms with van der Waals surface area (Å²) in [6.45, 7) is 4.08. The Kier molecular flexibility index (Phi) is 6.00. The quantitative estimate of drug-likeness (QED) is 0.767. The summed E-state index contributed by atoms with van der Waals surface area (Å²) in [5.74, 6) is 0.671. The number of urea groups is 1. The standard InChI is InChI=1S/C17H21N3O4S/c1-4-11-20(3)25(22,23)16-9-7-14(8-10-16)18-17(21)19(2)13-15-6-5-12-24-15/h4-10,12H,1,11,13H2,2-3H3,(H,18,21). The number of furan rings is 1. The maximum atomic E-state index is 12.3. The highest BCUT2D eigenvalue weighted by Crippen LogP contribution is 2.18. The number of anilines is 1. The normalized spacial score (nSPS) is 11.3. The molecule has 0 saturated carbocycles. The van der Waals surface area contributed by atoms with Crippen LogP contribution >= 0.6 is 0 Å². The number of carbonyl (C=O) groups excluding carboxylic acids is 1. The number of likely N-dealkylation sites (N-methyl/N-ethyl adjacent to an activating group) is 1. The molecule has 0 unspecified atom stereocenters. The van der Waals surface area contributed by atoms with Gasteiger partial charge in [-0.1, -0.05) is 6.08 Å². The molecule has 7 nitrogen and oxygen atoms in total. The minimum Gasteiger partial charge on any atom is -0.467 e. The molecule has 0 radical (unpaired) electrons. The third-order valence-corrected chi connectivity index (χ3v) is 5.36. The third kappa shape index (κ3) is 4.71. The Morgan fingerprint density at radius 2 is 1.92 bits per heavy atom. The fourth-order valence-electron chi connectivity index (χ4n) is 2.10. The zero-order valence-corrected chi connectivity index (χ0v) is 15.0. The smallest absolute Gasteiger partial charge is 0.321 e. The summed E-state index contributed by atoms with van der Waals surface area (Å²) in [5, 5.41) is 2.71. The van der Waals surface area contributed by atoms with Crippen LogP contribution in [0.3, 0.4) is 0 Å². The molecule has 0 saturated heterocycles. The Morgan fingerprint density at radius 3 is 2.48 bits per heavy atom. The molecule has 2 rings (SSSR count). The minimum atomic E-state index is -3.57. The van der Waals surface area contributed by atoms with Gasteiger partial charge in [0.05, 0.1) is 17.7 Å². The Bertz CT molecular complexity index is 814. The molecule has 8 heteroatoms. The average Bonchev–Trinajstić information content (AvgIpc) is 3.08. The first-order chi connectivity index (χ1) is 11.8. The largest absolute Gasteiger partial charge is 0.467 e. The van der Waals surface area contributed by atoms with Crippen LogP contribution in [0.5, 0.6) is 0 Å². The summed E-state index contributed by atoms with van der Waals surface area (Å²) in [6, 6.07) is 9.22. The van der Waals surface area contributed by atoms with E-state index < -0.39 is 10.0 Å². The SMILES string of the molecule is C=CCN(C)S(=O)(=O)c1ccc(NC(=O)N(C)Cc2ccco2)cc1. The Balaban J connectivity index is 2.02. The van der Waals surface area contributed by atoms with Gasteiger partial charge in [0.1, 0.15) is 5.76 Å². The Morgan fingerprint density at radius 1 is 1.24 bits per heavy atom. The van der Waals surface area contributed by atoms with Gasteiger partial charge in [-0.2, -0.15) is 4.31 Å². The highest BCUT2D eigenvalue weighted by molar-refractivity contribution is 7.89. The molecule has 0 aliphatic heterocycles. The van der Waals surface area contributed by atoms with Gasteiger partial charge in [-0.05, 0) is 36.4 Å². The van der Waals surface area contributed by atoms with Crippen molar-refractivity contribution in [1.82, 2.24) is 9.21 Å². The summed E-state index contributed by atoms with van der Waals surface area (Å²) < 4.78 is 31.0. The second kappa shape index (κ2) is 8.00. The van der Waals surface area contributed by atoms with Crippen molar-refractivity contribution in [2.24, 2.45) is 0 Å². The number of amides is 2. The first-order valence-electron chi connectivity index (χ1n) is 7.56. The van der Waals surface area contributed by atoms with Gasteiger partial charge in [0.15, 0.2) is 0 Å². The van der Waals surface area contributed by atoms with E-state index in [4.69, 9.17) is 4.42 Å². The van der Waals surface area contributed by atoms with Gasteiger partial charge in [0, 0.05) is 26.3 Å². The van der Waals surface area contributed by atoms with Gasteiger partial charge < -0.3 is 14.6 Å². The van der Waals surface area contributed by atoms with E-state index in [2.05, 4.69) is 11.9 Å².